The normalized spacial score (nSPS) is 18.1. The zero-order valence-corrected chi connectivity index (χ0v) is 9.97. The van der Waals surface area contributed by atoms with Gasteiger partial charge in [-0.25, -0.2) is 13.1 Å². The first-order chi connectivity index (χ1) is 6.43. The monoisotopic (exact) mass is 220 g/mol. The second-order valence-corrected chi connectivity index (χ2v) is 6.26. The Balaban J connectivity index is 2.21. The summed E-state index contributed by atoms with van der Waals surface area (Å²) in [4.78, 5) is 2.12. The Morgan fingerprint density at radius 1 is 1.43 bits per heavy atom. The largest absolute Gasteiger partial charge is 0.303 e. The molecule has 0 bridgehead atoms. The quantitative estimate of drug-likeness (QED) is 0.705. The number of hydrogen-bond donors (Lipinski definition) is 1. The second kappa shape index (κ2) is 4.59. The Bertz CT molecular complexity index is 271. The highest BCUT2D eigenvalue weighted by Crippen LogP contribution is 2.27. The van der Waals surface area contributed by atoms with Gasteiger partial charge in [-0.15, -0.1) is 0 Å². The molecular weight excluding hydrogens is 200 g/mol. The highest BCUT2D eigenvalue weighted by atomic mass is 32.2. The highest BCUT2D eigenvalue weighted by Gasteiger charge is 2.35. The van der Waals surface area contributed by atoms with Crippen LogP contribution in [0.3, 0.4) is 0 Å². The molecule has 0 radical (unpaired) electrons. The SMILES string of the molecule is CC(C)N(C)CCNS(=O)(=O)C1CC1. The molecule has 0 aromatic carbocycles. The maximum absolute atomic E-state index is 11.4. The van der Waals surface area contributed by atoms with Crippen molar-refractivity contribution in [2.24, 2.45) is 0 Å². The van der Waals surface area contributed by atoms with Crippen molar-refractivity contribution < 1.29 is 8.42 Å². The van der Waals surface area contributed by atoms with E-state index in [9.17, 15) is 8.42 Å². The number of sulfonamides is 1. The van der Waals surface area contributed by atoms with Crippen LogP contribution in [-0.4, -0.2) is 44.7 Å². The first-order valence-corrected chi connectivity index (χ1v) is 6.67. The average Bonchev–Trinajstić information content (AvgIpc) is 2.85. The highest BCUT2D eigenvalue weighted by molar-refractivity contribution is 7.90. The van der Waals surface area contributed by atoms with Gasteiger partial charge in [0.25, 0.3) is 0 Å². The molecule has 1 saturated carbocycles. The fraction of sp³-hybridized carbons (Fsp3) is 1.00. The minimum absolute atomic E-state index is 0.105. The third-order valence-electron chi connectivity index (χ3n) is 2.61. The fourth-order valence-electron chi connectivity index (χ4n) is 1.12. The molecule has 1 fully saturated rings. The molecular formula is C9H20N2O2S. The van der Waals surface area contributed by atoms with E-state index in [1.807, 2.05) is 7.05 Å². The first kappa shape index (κ1) is 11.9. The predicted octanol–water partition coefficient (Wildman–Crippen LogP) is 0.408. The van der Waals surface area contributed by atoms with Gasteiger partial charge in [0, 0.05) is 19.1 Å². The summed E-state index contributed by atoms with van der Waals surface area (Å²) in [6.45, 7) is 5.47. The molecule has 0 unspecified atom stereocenters. The van der Waals surface area contributed by atoms with Crippen LogP contribution >= 0.6 is 0 Å². The van der Waals surface area contributed by atoms with E-state index < -0.39 is 10.0 Å². The van der Waals surface area contributed by atoms with Crippen LogP contribution in [0.2, 0.25) is 0 Å². The van der Waals surface area contributed by atoms with E-state index in [2.05, 4.69) is 23.5 Å². The van der Waals surface area contributed by atoms with Crippen molar-refractivity contribution in [3.63, 3.8) is 0 Å². The van der Waals surface area contributed by atoms with Crippen molar-refractivity contribution in [2.75, 3.05) is 20.1 Å². The van der Waals surface area contributed by atoms with Crippen LogP contribution in [0, 0.1) is 0 Å². The molecule has 5 heteroatoms. The Morgan fingerprint density at radius 3 is 2.43 bits per heavy atom. The average molecular weight is 220 g/mol. The van der Waals surface area contributed by atoms with Gasteiger partial charge >= 0.3 is 0 Å². The minimum Gasteiger partial charge on any atom is -0.303 e. The van der Waals surface area contributed by atoms with Crippen molar-refractivity contribution in [1.82, 2.24) is 9.62 Å². The molecule has 0 aromatic rings. The van der Waals surface area contributed by atoms with Gasteiger partial charge in [-0.05, 0) is 33.7 Å². The van der Waals surface area contributed by atoms with E-state index in [-0.39, 0.29) is 5.25 Å². The number of hydrogen-bond acceptors (Lipinski definition) is 3. The molecule has 4 nitrogen and oxygen atoms in total. The smallest absolute Gasteiger partial charge is 0.214 e. The molecule has 1 aliphatic carbocycles. The van der Waals surface area contributed by atoms with E-state index in [1.165, 1.54) is 0 Å². The minimum atomic E-state index is -2.99. The summed E-state index contributed by atoms with van der Waals surface area (Å²) in [6, 6.07) is 0.459. The van der Waals surface area contributed by atoms with Crippen molar-refractivity contribution in [1.29, 1.82) is 0 Å². The molecule has 1 rings (SSSR count). The van der Waals surface area contributed by atoms with Crippen LogP contribution in [0.5, 0.6) is 0 Å². The van der Waals surface area contributed by atoms with Crippen LogP contribution in [0.1, 0.15) is 26.7 Å². The summed E-state index contributed by atoms with van der Waals surface area (Å²) in [5.41, 5.74) is 0. The maximum Gasteiger partial charge on any atom is 0.214 e. The van der Waals surface area contributed by atoms with E-state index in [4.69, 9.17) is 0 Å². The lowest BCUT2D eigenvalue weighted by Gasteiger charge is -2.20. The standard InChI is InChI=1S/C9H20N2O2S/c1-8(2)11(3)7-6-10-14(12,13)9-4-5-9/h8-10H,4-7H2,1-3H3. The summed E-state index contributed by atoms with van der Waals surface area (Å²) in [7, 11) is -0.989. The Hall–Kier alpha value is -0.130. The summed E-state index contributed by atoms with van der Waals surface area (Å²) >= 11 is 0. The fourth-order valence-corrected chi connectivity index (χ4v) is 2.49. The van der Waals surface area contributed by atoms with E-state index in [1.54, 1.807) is 0 Å². The topological polar surface area (TPSA) is 49.4 Å². The third-order valence-corrected chi connectivity index (χ3v) is 4.57. The van der Waals surface area contributed by atoms with Gasteiger partial charge in [0.05, 0.1) is 5.25 Å². The van der Waals surface area contributed by atoms with Gasteiger partial charge in [0.15, 0.2) is 0 Å². The molecule has 0 atom stereocenters. The summed E-state index contributed by atoms with van der Waals surface area (Å²) in [5.74, 6) is 0. The molecule has 0 amide bonds. The second-order valence-electron chi connectivity index (χ2n) is 4.21. The molecule has 1 aliphatic rings. The van der Waals surface area contributed by atoms with Crippen LogP contribution in [-0.2, 0) is 10.0 Å². The summed E-state index contributed by atoms with van der Waals surface area (Å²) in [6.07, 6.45) is 1.66. The van der Waals surface area contributed by atoms with Crippen LogP contribution < -0.4 is 4.72 Å². The van der Waals surface area contributed by atoms with Gasteiger partial charge in [0.1, 0.15) is 0 Å². The van der Waals surface area contributed by atoms with Crippen molar-refractivity contribution in [3.05, 3.63) is 0 Å². The first-order valence-electron chi connectivity index (χ1n) is 5.12. The Morgan fingerprint density at radius 2 is 2.00 bits per heavy atom. The van der Waals surface area contributed by atoms with Crippen molar-refractivity contribution in [2.45, 2.75) is 38.0 Å². The summed E-state index contributed by atoms with van der Waals surface area (Å²) in [5, 5.41) is -0.105. The molecule has 0 aromatic heterocycles. The van der Waals surface area contributed by atoms with E-state index in [0.29, 0.717) is 12.6 Å². The van der Waals surface area contributed by atoms with Gasteiger partial charge in [-0.3, -0.25) is 0 Å². The molecule has 0 spiro atoms. The van der Waals surface area contributed by atoms with Crippen LogP contribution in [0.25, 0.3) is 0 Å². The Labute approximate surface area is 86.7 Å². The lowest BCUT2D eigenvalue weighted by Crippen LogP contribution is -2.37. The molecule has 1 N–H and O–H groups in total. The molecule has 84 valence electrons. The molecule has 0 heterocycles. The lowest BCUT2D eigenvalue weighted by molar-refractivity contribution is 0.278. The number of rotatable bonds is 6. The number of likely N-dealkylation sites (N-methyl/N-ethyl adjacent to an activating group) is 1. The van der Waals surface area contributed by atoms with Crippen LogP contribution in [0.15, 0.2) is 0 Å². The van der Waals surface area contributed by atoms with Gasteiger partial charge in [0.2, 0.25) is 10.0 Å². The van der Waals surface area contributed by atoms with Gasteiger partial charge in [-0.1, -0.05) is 0 Å². The number of nitrogens with one attached hydrogen (secondary N) is 1. The van der Waals surface area contributed by atoms with Crippen molar-refractivity contribution >= 4 is 10.0 Å². The molecule has 0 saturated heterocycles. The number of nitrogens with zero attached hydrogens (tertiary/aromatic N) is 1. The molecule has 14 heavy (non-hydrogen) atoms. The van der Waals surface area contributed by atoms with Crippen LogP contribution in [0.4, 0.5) is 0 Å². The predicted molar refractivity (Wildman–Crippen MR) is 57.7 cm³/mol. The zero-order valence-electron chi connectivity index (χ0n) is 9.16. The lowest BCUT2D eigenvalue weighted by atomic mass is 10.3. The molecule has 0 aliphatic heterocycles. The van der Waals surface area contributed by atoms with Gasteiger partial charge in [-0.2, -0.15) is 0 Å². The van der Waals surface area contributed by atoms with E-state index in [0.717, 1.165) is 19.4 Å². The zero-order chi connectivity index (χ0) is 10.8. The van der Waals surface area contributed by atoms with E-state index >= 15 is 0 Å². The summed E-state index contributed by atoms with van der Waals surface area (Å²) < 4.78 is 25.5. The Kier molecular flexibility index (Phi) is 3.92. The maximum atomic E-state index is 11.4. The third kappa shape index (κ3) is 3.55. The van der Waals surface area contributed by atoms with Gasteiger partial charge < -0.3 is 4.90 Å². The van der Waals surface area contributed by atoms with Crippen molar-refractivity contribution in [3.8, 4) is 0 Å².